The zero-order chi connectivity index (χ0) is 22.2. The highest BCUT2D eigenvalue weighted by atomic mass is 32.2. The Balaban J connectivity index is 1.51. The van der Waals surface area contributed by atoms with Crippen molar-refractivity contribution >= 4 is 29.6 Å². The Hall–Kier alpha value is -1.86. The summed E-state index contributed by atoms with van der Waals surface area (Å²) in [4.78, 5) is 4.96. The van der Waals surface area contributed by atoms with Crippen LogP contribution in [0, 0.1) is 0 Å². The van der Waals surface area contributed by atoms with Crippen molar-refractivity contribution < 1.29 is 4.39 Å². The van der Waals surface area contributed by atoms with Crippen LogP contribution in [-0.2, 0) is 0 Å². The normalized spacial score (nSPS) is 25.5. The third-order valence-corrected chi connectivity index (χ3v) is 7.27. The number of rotatable bonds is 8. The van der Waals surface area contributed by atoms with Gasteiger partial charge in [0.05, 0.1) is 0 Å². The predicted octanol–water partition coefficient (Wildman–Crippen LogP) is 4.04. The van der Waals surface area contributed by atoms with Gasteiger partial charge < -0.3 is 16.0 Å². The maximum absolute atomic E-state index is 13.2. The Kier molecular flexibility index (Phi) is 8.96. The van der Waals surface area contributed by atoms with E-state index >= 15 is 0 Å². The van der Waals surface area contributed by atoms with Gasteiger partial charge in [0.2, 0.25) is 6.56 Å². The molecular formula is C24H36BFN4S. The number of anilines is 1. The molecule has 0 radical (unpaired) electrons. The molecule has 0 amide bonds. The van der Waals surface area contributed by atoms with Gasteiger partial charge in [-0.25, -0.2) is 16.0 Å². The van der Waals surface area contributed by atoms with Crippen LogP contribution in [0.2, 0.25) is 0 Å². The molecule has 3 unspecified atom stereocenters. The van der Waals surface area contributed by atoms with Crippen molar-refractivity contribution in [1.82, 2.24) is 9.80 Å². The van der Waals surface area contributed by atoms with E-state index in [1.54, 1.807) is 6.08 Å². The predicted molar refractivity (Wildman–Crippen MR) is 136 cm³/mol. The quantitative estimate of drug-likeness (QED) is 0.470. The molecule has 7 heteroatoms. The van der Waals surface area contributed by atoms with Crippen molar-refractivity contribution in [2.45, 2.75) is 44.2 Å². The fraction of sp³-hybridized carbons (Fsp3) is 0.500. The molecule has 3 atom stereocenters. The Morgan fingerprint density at radius 1 is 1.29 bits per heavy atom. The topological polar surface area (TPSA) is 44.5 Å². The number of nitrogens with one attached hydrogen (secondary N) is 1. The van der Waals surface area contributed by atoms with Gasteiger partial charge in [-0.1, -0.05) is 42.4 Å². The monoisotopic (exact) mass is 442 g/mol. The van der Waals surface area contributed by atoms with Crippen LogP contribution >= 0.6 is 11.6 Å². The summed E-state index contributed by atoms with van der Waals surface area (Å²) < 4.78 is 13.2. The number of halogens is 1. The van der Waals surface area contributed by atoms with Crippen LogP contribution in [0.15, 0.2) is 54.2 Å². The minimum Gasteiger partial charge on any atom is -0.402 e. The number of nitrogens with zero attached hydrogens (tertiary/aromatic N) is 2. The second kappa shape index (κ2) is 11.7. The van der Waals surface area contributed by atoms with Gasteiger partial charge in [-0.15, -0.1) is 0 Å². The molecule has 4 nitrogen and oxygen atoms in total. The lowest BCUT2D eigenvalue weighted by Gasteiger charge is -2.43. The highest BCUT2D eigenvalue weighted by Crippen LogP contribution is 2.29. The highest BCUT2D eigenvalue weighted by Gasteiger charge is 2.26. The van der Waals surface area contributed by atoms with Crippen molar-refractivity contribution in [3.63, 3.8) is 0 Å². The minimum atomic E-state index is -0.757. The molecule has 2 aliphatic rings. The van der Waals surface area contributed by atoms with E-state index in [1.165, 1.54) is 11.3 Å². The van der Waals surface area contributed by atoms with Crippen molar-refractivity contribution in [2.75, 3.05) is 38.5 Å². The summed E-state index contributed by atoms with van der Waals surface area (Å²) in [5.41, 5.74) is 11.0. The van der Waals surface area contributed by atoms with Gasteiger partial charge in [0.1, 0.15) is 6.17 Å². The molecule has 1 heterocycles. The number of para-hydroxylation sites is 1. The Morgan fingerprint density at radius 2 is 2.10 bits per heavy atom. The average Bonchev–Trinajstić information content (AvgIpc) is 2.77. The van der Waals surface area contributed by atoms with Crippen LogP contribution in [0.4, 0.5) is 10.1 Å². The van der Waals surface area contributed by atoms with E-state index in [2.05, 4.69) is 65.3 Å². The van der Waals surface area contributed by atoms with Crippen LogP contribution < -0.4 is 11.1 Å². The summed E-state index contributed by atoms with van der Waals surface area (Å²) in [5.74, 6) is 2.14. The Labute approximate surface area is 192 Å². The molecule has 0 spiro atoms. The molecule has 3 N–H and O–H groups in total. The van der Waals surface area contributed by atoms with E-state index in [1.807, 2.05) is 24.7 Å². The van der Waals surface area contributed by atoms with E-state index in [9.17, 15) is 4.39 Å². The van der Waals surface area contributed by atoms with Crippen LogP contribution in [0.5, 0.6) is 0 Å². The molecule has 0 saturated carbocycles. The van der Waals surface area contributed by atoms with E-state index in [-0.39, 0.29) is 0 Å². The molecule has 1 fully saturated rings. The summed E-state index contributed by atoms with van der Waals surface area (Å²) >= 11 is 1.85. The molecular weight excluding hydrogens is 406 g/mol. The van der Waals surface area contributed by atoms with E-state index in [0.717, 1.165) is 50.5 Å². The van der Waals surface area contributed by atoms with Gasteiger partial charge in [-0.05, 0) is 32.8 Å². The largest absolute Gasteiger partial charge is 0.402 e. The SMILES string of the molecule is C/C=C(\c1ccccc1NC)N1CCN(C/C(N)=C/BSC2C=CC(F)CC2)CC1C. The summed E-state index contributed by atoms with van der Waals surface area (Å²) in [6.45, 7) is 9.08. The van der Waals surface area contributed by atoms with Gasteiger partial charge in [0.25, 0.3) is 0 Å². The van der Waals surface area contributed by atoms with Crippen molar-refractivity contribution in [3.05, 3.63) is 59.7 Å². The second-order valence-electron chi connectivity index (χ2n) is 8.38. The van der Waals surface area contributed by atoms with Crippen LogP contribution in [0.3, 0.4) is 0 Å². The fourth-order valence-electron chi connectivity index (χ4n) is 4.44. The van der Waals surface area contributed by atoms with Crippen molar-refractivity contribution in [1.29, 1.82) is 0 Å². The minimum absolute atomic E-state index is 0.410. The van der Waals surface area contributed by atoms with Crippen molar-refractivity contribution in [3.8, 4) is 0 Å². The zero-order valence-corrected chi connectivity index (χ0v) is 19.9. The van der Waals surface area contributed by atoms with E-state index in [0.29, 0.717) is 17.7 Å². The molecule has 168 valence electrons. The summed E-state index contributed by atoms with van der Waals surface area (Å²) in [7, 11) is 1.98. The van der Waals surface area contributed by atoms with Crippen molar-refractivity contribution in [2.24, 2.45) is 5.73 Å². The Bertz CT molecular complexity index is 813. The first-order valence-electron chi connectivity index (χ1n) is 11.3. The van der Waals surface area contributed by atoms with Crippen LogP contribution in [0.25, 0.3) is 5.70 Å². The molecule has 1 aliphatic carbocycles. The maximum atomic E-state index is 13.2. The number of alkyl halides is 1. The van der Waals surface area contributed by atoms with E-state index < -0.39 is 6.17 Å². The summed E-state index contributed by atoms with van der Waals surface area (Å²) in [6, 6.07) is 8.90. The smallest absolute Gasteiger partial charge is 0.219 e. The third kappa shape index (κ3) is 6.56. The summed E-state index contributed by atoms with van der Waals surface area (Å²) in [5, 5.41) is 3.73. The Morgan fingerprint density at radius 3 is 2.77 bits per heavy atom. The summed E-state index contributed by atoms with van der Waals surface area (Å²) in [6.07, 6.45) is 6.73. The number of hydrogen-bond donors (Lipinski definition) is 2. The third-order valence-electron chi connectivity index (χ3n) is 6.09. The van der Waals surface area contributed by atoms with Gasteiger partial charge in [-0.3, -0.25) is 4.90 Å². The average molecular weight is 442 g/mol. The molecule has 1 aromatic rings. The lowest BCUT2D eigenvalue weighted by Crippen LogP contribution is -2.51. The van der Waals surface area contributed by atoms with Gasteiger partial charge in [-0.2, -0.15) is 0 Å². The first-order chi connectivity index (χ1) is 15.0. The number of benzene rings is 1. The fourth-order valence-corrected chi connectivity index (χ4v) is 5.50. The maximum Gasteiger partial charge on any atom is 0.219 e. The number of piperazine rings is 1. The molecule has 31 heavy (non-hydrogen) atoms. The lowest BCUT2D eigenvalue weighted by atomic mass is 10.0. The lowest BCUT2D eigenvalue weighted by molar-refractivity contribution is 0.137. The highest BCUT2D eigenvalue weighted by molar-refractivity contribution is 8.23. The zero-order valence-electron chi connectivity index (χ0n) is 19.1. The molecule has 0 bridgehead atoms. The van der Waals surface area contributed by atoms with Crippen LogP contribution in [0.1, 0.15) is 32.3 Å². The molecule has 1 aromatic carbocycles. The molecule has 0 aromatic heterocycles. The first kappa shape index (κ1) is 23.8. The number of hydrogen-bond acceptors (Lipinski definition) is 5. The molecule has 1 aliphatic heterocycles. The van der Waals surface area contributed by atoms with E-state index in [4.69, 9.17) is 5.73 Å². The molecule has 3 rings (SSSR count). The van der Waals surface area contributed by atoms with Gasteiger partial charge in [0, 0.05) is 67.2 Å². The second-order valence-corrected chi connectivity index (χ2v) is 9.65. The first-order valence-corrected chi connectivity index (χ1v) is 12.4. The molecule has 1 saturated heterocycles. The van der Waals surface area contributed by atoms with Gasteiger partial charge in [0.15, 0.2) is 0 Å². The number of allylic oxidation sites excluding steroid dienone is 2. The van der Waals surface area contributed by atoms with Gasteiger partial charge >= 0.3 is 0 Å². The standard InChI is InChI=1S/C24H36BFN4S/c1-4-24(22-7-5-6-8-23(22)28-3)30-14-13-29(16-18(30)2)17-20(27)15-25-31-21-11-9-19(26)10-12-21/h4-9,11,15,18-19,21,25,28H,10,12-14,16-17,27H2,1-3H3/b20-15-,24-4+. The number of nitrogens with two attached hydrogens (primary N) is 1. The van der Waals surface area contributed by atoms with Crippen LogP contribution in [-0.4, -0.2) is 67.0 Å².